The van der Waals surface area contributed by atoms with Gasteiger partial charge < -0.3 is 0 Å². The highest BCUT2D eigenvalue weighted by atomic mass is 16.1. The standard InChI is InChI=1S/C9H9N3O.C2H6.H2/c1-12-9(13)10-8(11-12)7-5-3-2-4-6-7;1-2;/h2-6H,1H3,(H,10,11,13);1-2H3;1H. The molecule has 1 aromatic carbocycles. The molecule has 0 bridgehead atoms. The smallest absolute Gasteiger partial charge is 0.289 e. The van der Waals surface area contributed by atoms with Crippen LogP contribution in [0.4, 0.5) is 0 Å². The van der Waals surface area contributed by atoms with Gasteiger partial charge in [0.05, 0.1) is 0 Å². The molecule has 1 heterocycles. The number of benzene rings is 1. The summed E-state index contributed by atoms with van der Waals surface area (Å²) in [7, 11) is 1.62. The minimum absolute atomic E-state index is 0. The Morgan fingerprint density at radius 1 is 1.27 bits per heavy atom. The fourth-order valence-corrected chi connectivity index (χ4v) is 1.13. The molecule has 0 radical (unpaired) electrons. The van der Waals surface area contributed by atoms with Crippen LogP contribution >= 0.6 is 0 Å². The van der Waals surface area contributed by atoms with E-state index < -0.39 is 0 Å². The van der Waals surface area contributed by atoms with Gasteiger partial charge in [0.25, 0.3) is 0 Å². The van der Waals surface area contributed by atoms with Crippen LogP contribution in [0, 0.1) is 0 Å². The Hall–Kier alpha value is -1.84. The third-order valence-corrected chi connectivity index (χ3v) is 1.82. The molecule has 0 saturated carbocycles. The monoisotopic (exact) mass is 207 g/mol. The van der Waals surface area contributed by atoms with Crippen molar-refractivity contribution < 1.29 is 1.43 Å². The lowest BCUT2D eigenvalue weighted by atomic mass is 10.2. The first kappa shape index (κ1) is 11.2. The van der Waals surface area contributed by atoms with E-state index in [1.165, 1.54) is 4.68 Å². The van der Waals surface area contributed by atoms with Gasteiger partial charge in [0.2, 0.25) is 0 Å². The van der Waals surface area contributed by atoms with Gasteiger partial charge in [-0.2, -0.15) is 5.10 Å². The molecule has 0 atom stereocenters. The summed E-state index contributed by atoms with van der Waals surface area (Å²) in [6.45, 7) is 4.00. The maximum atomic E-state index is 11.1. The number of hydrogen-bond acceptors (Lipinski definition) is 2. The molecule has 0 aliphatic heterocycles. The molecule has 2 rings (SSSR count). The SMILES string of the molecule is CC.Cn1nc(-c2ccccc2)[nH]c1=O.[HH]. The average molecular weight is 207 g/mol. The summed E-state index contributed by atoms with van der Waals surface area (Å²) in [4.78, 5) is 13.7. The molecule has 0 aliphatic carbocycles. The van der Waals surface area contributed by atoms with Crippen LogP contribution in [0.15, 0.2) is 35.1 Å². The molecule has 1 N–H and O–H groups in total. The van der Waals surface area contributed by atoms with Gasteiger partial charge in [0.15, 0.2) is 5.82 Å². The van der Waals surface area contributed by atoms with Crippen LogP contribution in [0.2, 0.25) is 0 Å². The number of aromatic amines is 1. The van der Waals surface area contributed by atoms with Crippen LogP contribution < -0.4 is 5.69 Å². The van der Waals surface area contributed by atoms with Gasteiger partial charge in [-0.25, -0.2) is 9.48 Å². The minimum atomic E-state index is -0.196. The van der Waals surface area contributed by atoms with Crippen molar-refractivity contribution in [1.82, 2.24) is 14.8 Å². The maximum Gasteiger partial charge on any atom is 0.343 e. The van der Waals surface area contributed by atoms with Crippen molar-refractivity contribution >= 4 is 0 Å². The number of nitrogens with zero attached hydrogens (tertiary/aromatic N) is 2. The summed E-state index contributed by atoms with van der Waals surface area (Å²) in [5.41, 5.74) is 0.721. The van der Waals surface area contributed by atoms with E-state index in [4.69, 9.17) is 0 Å². The second kappa shape index (κ2) is 5.14. The quantitative estimate of drug-likeness (QED) is 0.778. The molecule has 0 fully saturated rings. The molecule has 4 heteroatoms. The highest BCUT2D eigenvalue weighted by Crippen LogP contribution is 2.10. The lowest BCUT2D eigenvalue weighted by Crippen LogP contribution is -2.13. The molecule has 0 unspecified atom stereocenters. The van der Waals surface area contributed by atoms with Gasteiger partial charge in [0, 0.05) is 14.0 Å². The zero-order valence-corrected chi connectivity index (χ0v) is 9.19. The second-order valence-corrected chi connectivity index (χ2v) is 2.77. The van der Waals surface area contributed by atoms with Crippen LogP contribution in [0.1, 0.15) is 15.3 Å². The molecule has 82 valence electrons. The van der Waals surface area contributed by atoms with Crippen molar-refractivity contribution in [3.63, 3.8) is 0 Å². The van der Waals surface area contributed by atoms with Gasteiger partial charge in [0.1, 0.15) is 0 Å². The fraction of sp³-hybridized carbons (Fsp3) is 0.273. The van der Waals surface area contributed by atoms with E-state index in [2.05, 4.69) is 10.1 Å². The molecule has 0 spiro atoms. The number of nitrogens with one attached hydrogen (secondary N) is 1. The third-order valence-electron chi connectivity index (χ3n) is 1.82. The number of rotatable bonds is 1. The van der Waals surface area contributed by atoms with E-state index in [9.17, 15) is 4.79 Å². The summed E-state index contributed by atoms with van der Waals surface area (Å²) in [6.07, 6.45) is 0. The normalized spacial score (nSPS) is 9.27. The summed E-state index contributed by atoms with van der Waals surface area (Å²) >= 11 is 0. The van der Waals surface area contributed by atoms with Gasteiger partial charge in [-0.3, -0.25) is 4.98 Å². The summed E-state index contributed by atoms with van der Waals surface area (Å²) in [5.74, 6) is 0.605. The Morgan fingerprint density at radius 2 is 1.87 bits per heavy atom. The van der Waals surface area contributed by atoms with Gasteiger partial charge in [-0.15, -0.1) is 0 Å². The minimum Gasteiger partial charge on any atom is -0.289 e. The predicted molar refractivity (Wildman–Crippen MR) is 62.7 cm³/mol. The van der Waals surface area contributed by atoms with Crippen molar-refractivity contribution in [2.75, 3.05) is 0 Å². The summed E-state index contributed by atoms with van der Waals surface area (Å²) < 4.78 is 1.28. The first-order valence-electron chi connectivity index (χ1n) is 4.96. The Labute approximate surface area is 90.1 Å². The van der Waals surface area contributed by atoms with Gasteiger partial charge in [-0.05, 0) is 0 Å². The lowest BCUT2D eigenvalue weighted by molar-refractivity contribution is 0.736. The van der Waals surface area contributed by atoms with Crippen molar-refractivity contribution in [3.05, 3.63) is 40.8 Å². The Bertz CT molecular complexity index is 462. The van der Waals surface area contributed by atoms with Gasteiger partial charge >= 0.3 is 5.69 Å². The van der Waals surface area contributed by atoms with Crippen molar-refractivity contribution in [3.8, 4) is 11.4 Å². The zero-order chi connectivity index (χ0) is 11.3. The largest absolute Gasteiger partial charge is 0.343 e. The Balaban J connectivity index is 0.000000711. The molecule has 0 amide bonds. The third kappa shape index (κ3) is 2.56. The fourth-order valence-electron chi connectivity index (χ4n) is 1.13. The summed E-state index contributed by atoms with van der Waals surface area (Å²) in [5, 5.41) is 4.03. The molecule has 2 aromatic rings. The molecular weight excluding hydrogens is 190 g/mol. The summed E-state index contributed by atoms with van der Waals surface area (Å²) in [6, 6.07) is 9.53. The molecule has 1 aromatic heterocycles. The van der Waals surface area contributed by atoms with Crippen molar-refractivity contribution in [2.24, 2.45) is 7.05 Å². The molecule has 4 nitrogen and oxygen atoms in total. The maximum absolute atomic E-state index is 11.1. The average Bonchev–Trinajstić information content (AvgIpc) is 2.63. The van der Waals surface area contributed by atoms with E-state index in [1.807, 2.05) is 44.2 Å². The first-order chi connectivity index (χ1) is 7.27. The first-order valence-corrected chi connectivity index (χ1v) is 4.96. The number of aryl methyl sites for hydroxylation is 1. The van der Waals surface area contributed by atoms with Crippen LogP contribution in [0.5, 0.6) is 0 Å². The molecule has 0 aliphatic rings. The van der Waals surface area contributed by atoms with E-state index in [-0.39, 0.29) is 7.12 Å². The molecular formula is C11H17N3O. The molecule has 15 heavy (non-hydrogen) atoms. The van der Waals surface area contributed by atoms with Gasteiger partial charge in [-0.1, -0.05) is 44.2 Å². The van der Waals surface area contributed by atoms with Crippen molar-refractivity contribution in [1.29, 1.82) is 0 Å². The van der Waals surface area contributed by atoms with E-state index in [0.717, 1.165) is 5.56 Å². The predicted octanol–water partition coefficient (Wildman–Crippen LogP) is 2.05. The lowest BCUT2D eigenvalue weighted by Gasteiger charge is -1.92. The van der Waals surface area contributed by atoms with Crippen LogP contribution in [-0.2, 0) is 7.05 Å². The van der Waals surface area contributed by atoms with E-state index in [0.29, 0.717) is 5.82 Å². The van der Waals surface area contributed by atoms with Crippen LogP contribution in [-0.4, -0.2) is 14.8 Å². The molecule has 0 saturated heterocycles. The van der Waals surface area contributed by atoms with Crippen molar-refractivity contribution in [2.45, 2.75) is 13.8 Å². The topological polar surface area (TPSA) is 50.7 Å². The van der Waals surface area contributed by atoms with Crippen LogP contribution in [0.25, 0.3) is 11.4 Å². The Morgan fingerprint density at radius 3 is 2.33 bits per heavy atom. The van der Waals surface area contributed by atoms with E-state index in [1.54, 1.807) is 7.05 Å². The highest BCUT2D eigenvalue weighted by Gasteiger charge is 2.02. The van der Waals surface area contributed by atoms with E-state index >= 15 is 0 Å². The van der Waals surface area contributed by atoms with Crippen LogP contribution in [0.3, 0.4) is 0 Å². The number of H-pyrrole nitrogens is 1. The zero-order valence-electron chi connectivity index (χ0n) is 9.19. The number of aromatic nitrogens is 3. The Kier molecular flexibility index (Phi) is 3.85. The number of hydrogen-bond donors (Lipinski definition) is 1. The second-order valence-electron chi connectivity index (χ2n) is 2.77. The highest BCUT2D eigenvalue weighted by molar-refractivity contribution is 5.53.